The van der Waals surface area contributed by atoms with Gasteiger partial charge in [-0.25, -0.2) is 0 Å². The molecule has 428 valence electrons. The molecule has 0 bridgehead atoms. The number of ether oxygens (including phenoxy) is 6. The first-order valence-electron chi connectivity index (χ1n) is 18.4. The normalized spacial score (nSPS) is 18.3. The lowest BCUT2D eigenvalue weighted by molar-refractivity contribution is -0.599. The maximum atomic E-state index is 16.4. The number of hydrogen-bond donors (Lipinski definition) is 0. The van der Waals surface area contributed by atoms with E-state index in [1.807, 2.05) is 0 Å². The number of rotatable bonds is 34. The first-order chi connectivity index (χ1) is 31.8. The summed E-state index contributed by atoms with van der Waals surface area (Å²) in [6.07, 6.45) is -59.3. The van der Waals surface area contributed by atoms with Gasteiger partial charge in [0.15, 0.2) is 0 Å². The summed E-state index contributed by atoms with van der Waals surface area (Å²) < 4.78 is 409. The lowest BCUT2D eigenvalue weighted by atomic mass is 9.75. The Labute approximate surface area is 389 Å². The standard InChI is InChI=1S/C30H45F23O15Si3/c1-54-69(55-2,56-3)13-10-63-16-19(31,24(36,37)38)66-28(48,49)22(23(34,35)27(45,46)47,29(50,51)67-20(32,25(39,40)41)17-64-11-14-70(57-4,58-5)59-6)30(52,53)68-21(33,26(42,43)44)18-65-12-15-71(60-7,61-8)62-9/h10-18H2,1-9H3. The molecular formula is C30H45F23O15Si3. The van der Waals surface area contributed by atoms with Gasteiger partial charge in [0.2, 0.25) is 0 Å². The highest BCUT2D eigenvalue weighted by Crippen LogP contribution is 2.71. The smallest absolute Gasteiger partial charge is 0.377 e. The molecule has 0 aromatic heterocycles. The lowest BCUT2D eigenvalue weighted by Gasteiger charge is -2.52. The van der Waals surface area contributed by atoms with Gasteiger partial charge in [-0.1, -0.05) is 0 Å². The second-order valence-corrected chi connectivity index (χ2v) is 22.9. The summed E-state index contributed by atoms with van der Waals surface area (Å²) in [6.45, 7) is -15.4. The molecule has 0 aromatic carbocycles. The average Bonchev–Trinajstić information content (AvgIpc) is 3.22. The summed E-state index contributed by atoms with van der Waals surface area (Å²) in [6, 6.07) is -3.16. The Morgan fingerprint density at radius 3 is 0.606 bits per heavy atom. The maximum Gasteiger partial charge on any atom is 0.502 e. The van der Waals surface area contributed by atoms with Crippen LogP contribution in [0.1, 0.15) is 0 Å². The largest absolute Gasteiger partial charge is 0.502 e. The van der Waals surface area contributed by atoms with E-state index in [-0.39, 0.29) is 0 Å². The second-order valence-electron chi connectivity index (χ2n) is 13.7. The summed E-state index contributed by atoms with van der Waals surface area (Å²) >= 11 is 0. The van der Waals surface area contributed by atoms with Crippen molar-refractivity contribution in [3.63, 3.8) is 0 Å². The Bertz CT molecular complexity index is 1420. The van der Waals surface area contributed by atoms with Crippen LogP contribution in [0.25, 0.3) is 0 Å². The first-order valence-corrected chi connectivity index (χ1v) is 24.2. The molecule has 0 radical (unpaired) electrons. The minimum Gasteiger partial charge on any atom is -0.377 e. The number of halogens is 23. The topological polar surface area (TPSA) is 138 Å². The summed E-state index contributed by atoms with van der Waals surface area (Å²) in [5.74, 6) is -30.9. The van der Waals surface area contributed by atoms with E-state index in [4.69, 9.17) is 39.8 Å². The van der Waals surface area contributed by atoms with Gasteiger partial charge in [0, 0.05) is 82.1 Å². The van der Waals surface area contributed by atoms with Crippen LogP contribution >= 0.6 is 0 Å². The van der Waals surface area contributed by atoms with Gasteiger partial charge >= 0.3 is 98.3 Å². The molecule has 0 aliphatic rings. The van der Waals surface area contributed by atoms with E-state index in [0.29, 0.717) is 0 Å². The van der Waals surface area contributed by atoms with Gasteiger partial charge in [0.25, 0.3) is 0 Å². The third-order valence-electron chi connectivity index (χ3n) is 9.60. The van der Waals surface area contributed by atoms with Crippen molar-refractivity contribution >= 4 is 26.4 Å². The second kappa shape index (κ2) is 24.6. The van der Waals surface area contributed by atoms with Crippen molar-refractivity contribution in [1.29, 1.82) is 0 Å². The predicted octanol–water partition coefficient (Wildman–Crippen LogP) is 8.37. The molecule has 0 spiro atoms. The van der Waals surface area contributed by atoms with Gasteiger partial charge in [-0.05, 0) is 0 Å². The minimum absolute atomic E-state index is 0.767. The molecule has 0 amide bonds. The van der Waals surface area contributed by atoms with Crippen molar-refractivity contribution in [2.75, 3.05) is 104 Å². The van der Waals surface area contributed by atoms with Crippen LogP contribution in [0, 0.1) is 5.41 Å². The van der Waals surface area contributed by atoms with Crippen LogP contribution in [0.2, 0.25) is 18.1 Å². The van der Waals surface area contributed by atoms with Crippen molar-refractivity contribution in [1.82, 2.24) is 0 Å². The highest BCUT2D eigenvalue weighted by molar-refractivity contribution is 6.61. The highest BCUT2D eigenvalue weighted by atomic mass is 28.4. The van der Waals surface area contributed by atoms with E-state index in [0.717, 1.165) is 64.0 Å². The molecule has 0 aromatic rings. The van der Waals surface area contributed by atoms with Gasteiger partial charge in [0.05, 0.1) is 19.8 Å². The van der Waals surface area contributed by atoms with Gasteiger partial charge in [-0.3, -0.25) is 14.2 Å². The van der Waals surface area contributed by atoms with Gasteiger partial charge < -0.3 is 54.0 Å². The molecule has 71 heavy (non-hydrogen) atoms. The number of alkyl halides is 23. The molecule has 0 heterocycles. The molecule has 0 aliphatic heterocycles. The van der Waals surface area contributed by atoms with Crippen LogP contribution in [0.4, 0.5) is 101 Å². The van der Waals surface area contributed by atoms with E-state index in [2.05, 4.69) is 28.4 Å². The lowest BCUT2D eigenvalue weighted by Crippen LogP contribution is -2.80. The monoisotopic (exact) mass is 1170 g/mol. The quantitative estimate of drug-likeness (QED) is 0.0346. The SMILES string of the molecule is CO[Si](CCOCC(F)(OC(F)(F)C(C(F)(F)OC(F)(COCC[Si](OC)(OC)OC)C(F)(F)F)(C(F)(F)OC(F)(COCC[Si](OC)(OC)OC)C(F)(F)F)C(F)(F)C(F)(F)F)C(F)(F)F)(OC)OC. The zero-order valence-corrected chi connectivity index (χ0v) is 40.7. The summed E-state index contributed by atoms with van der Waals surface area (Å²) in [4.78, 5) is 0. The fourth-order valence-electron chi connectivity index (χ4n) is 5.49. The third-order valence-corrected chi connectivity index (χ3v) is 17.6. The Hall–Kier alpha value is -1.56. The van der Waals surface area contributed by atoms with Crippen LogP contribution in [-0.4, -0.2) is 197 Å². The summed E-state index contributed by atoms with van der Waals surface area (Å²) in [5.41, 5.74) is -9.75. The molecule has 3 unspecified atom stereocenters. The molecule has 0 N–H and O–H groups in total. The summed E-state index contributed by atoms with van der Waals surface area (Å²) in [5, 5.41) is 0. The zero-order valence-electron chi connectivity index (χ0n) is 37.7. The van der Waals surface area contributed by atoms with Crippen molar-refractivity contribution in [2.45, 2.75) is 84.7 Å². The maximum absolute atomic E-state index is 16.4. The Morgan fingerprint density at radius 1 is 0.282 bits per heavy atom. The Balaban J connectivity index is 8.72. The van der Waals surface area contributed by atoms with E-state index in [1.165, 1.54) is 0 Å². The number of hydrogen-bond acceptors (Lipinski definition) is 15. The fourth-order valence-corrected chi connectivity index (χ4v) is 10.0. The van der Waals surface area contributed by atoms with Crippen molar-refractivity contribution in [3.05, 3.63) is 0 Å². The molecule has 0 rings (SSSR count). The molecular weight excluding hydrogens is 1120 g/mol. The van der Waals surface area contributed by atoms with Crippen molar-refractivity contribution in [2.24, 2.45) is 5.41 Å². The van der Waals surface area contributed by atoms with Gasteiger partial charge in [-0.15, -0.1) is 0 Å². The Kier molecular flexibility index (Phi) is 24.1. The molecule has 41 heteroatoms. The first kappa shape index (κ1) is 69.4. The molecule has 0 aliphatic carbocycles. The van der Waals surface area contributed by atoms with Gasteiger partial charge in [-0.2, -0.15) is 101 Å². The molecule has 0 saturated heterocycles. The fraction of sp³-hybridized carbons (Fsp3) is 1.00. The van der Waals surface area contributed by atoms with Crippen LogP contribution in [0.3, 0.4) is 0 Å². The minimum atomic E-state index is -9.75. The van der Waals surface area contributed by atoms with Crippen LogP contribution in [-0.2, 0) is 68.3 Å². The van der Waals surface area contributed by atoms with E-state index >= 15 is 48.3 Å². The molecule has 3 atom stereocenters. The third kappa shape index (κ3) is 14.9. The highest BCUT2D eigenvalue weighted by Gasteiger charge is 3.00. The molecule has 0 saturated carbocycles. The van der Waals surface area contributed by atoms with Crippen LogP contribution in [0.15, 0.2) is 0 Å². The average molecular weight is 1170 g/mol. The van der Waals surface area contributed by atoms with E-state index < -0.39 is 156 Å². The Morgan fingerprint density at radius 2 is 0.465 bits per heavy atom. The van der Waals surface area contributed by atoms with E-state index in [9.17, 15) is 52.7 Å². The summed E-state index contributed by atoms with van der Waals surface area (Å²) in [7, 11) is -5.54. The van der Waals surface area contributed by atoms with E-state index in [1.54, 1.807) is 0 Å². The van der Waals surface area contributed by atoms with Gasteiger partial charge in [0.1, 0.15) is 19.8 Å². The predicted molar refractivity (Wildman–Crippen MR) is 188 cm³/mol. The molecule has 15 nitrogen and oxygen atoms in total. The van der Waals surface area contributed by atoms with Crippen molar-refractivity contribution in [3.8, 4) is 0 Å². The van der Waals surface area contributed by atoms with Crippen LogP contribution < -0.4 is 0 Å². The van der Waals surface area contributed by atoms with Crippen molar-refractivity contribution < 1.29 is 169 Å². The van der Waals surface area contributed by atoms with Crippen LogP contribution in [0.5, 0.6) is 0 Å². The zero-order chi connectivity index (χ0) is 56.5. The molecule has 0 fully saturated rings.